The smallest absolute Gasteiger partial charge is 0.169 e. The van der Waals surface area contributed by atoms with E-state index < -0.39 is 10.8 Å². The molecule has 0 aromatic heterocycles. The van der Waals surface area contributed by atoms with E-state index in [1.165, 1.54) is 0 Å². The van der Waals surface area contributed by atoms with Gasteiger partial charge in [0.2, 0.25) is 0 Å². The largest absolute Gasteiger partial charge is 0.352 e. The van der Waals surface area contributed by atoms with Crippen molar-refractivity contribution in [1.29, 1.82) is 0 Å². The Bertz CT molecular complexity index is 398. The van der Waals surface area contributed by atoms with Gasteiger partial charge in [-0.15, -0.1) is 0 Å². The summed E-state index contributed by atoms with van der Waals surface area (Å²) in [5.74, 6) is 0.381. The van der Waals surface area contributed by atoms with E-state index in [1.54, 1.807) is 0 Å². The van der Waals surface area contributed by atoms with Gasteiger partial charge in [-0.05, 0) is 44.9 Å². The maximum absolute atomic E-state index is 12.3. The van der Waals surface area contributed by atoms with Gasteiger partial charge in [0.15, 0.2) is 6.29 Å². The molecule has 0 saturated carbocycles. The molecule has 0 N–H and O–H groups in total. The Hall–Kier alpha value is -0.710. The van der Waals surface area contributed by atoms with E-state index >= 15 is 0 Å². The quantitative estimate of drug-likeness (QED) is 0.715. The summed E-state index contributed by atoms with van der Waals surface area (Å²) in [5, 5.41) is 0. The number of aryl methyl sites for hydroxylation is 2. The monoisotopic (exact) mass is 270 g/mol. The van der Waals surface area contributed by atoms with E-state index in [1.807, 2.05) is 45.9 Å². The Labute approximate surface area is 112 Å². The maximum Gasteiger partial charge on any atom is 0.169 e. The Morgan fingerprint density at radius 2 is 1.78 bits per heavy atom. The summed E-state index contributed by atoms with van der Waals surface area (Å²) in [6.07, 6.45) is -0.388. The predicted octanol–water partition coefficient (Wildman–Crippen LogP) is 2.81. The van der Waals surface area contributed by atoms with Crippen LogP contribution in [0.2, 0.25) is 0 Å². The summed E-state index contributed by atoms with van der Waals surface area (Å²) in [6.45, 7) is 8.93. The van der Waals surface area contributed by atoms with E-state index in [2.05, 4.69) is 0 Å². The first-order valence-electron chi connectivity index (χ1n) is 6.27. The van der Waals surface area contributed by atoms with Gasteiger partial charge in [-0.25, -0.2) is 0 Å². The fraction of sp³-hybridized carbons (Fsp3) is 0.571. The van der Waals surface area contributed by atoms with Crippen LogP contribution in [0.1, 0.15) is 25.0 Å². The average Bonchev–Trinajstić information content (AvgIpc) is 2.33. The third kappa shape index (κ3) is 4.52. The van der Waals surface area contributed by atoms with Crippen LogP contribution in [0.3, 0.4) is 0 Å². The van der Waals surface area contributed by atoms with Crippen LogP contribution in [0.4, 0.5) is 0 Å². The average molecular weight is 270 g/mol. The van der Waals surface area contributed by atoms with Crippen LogP contribution in [-0.4, -0.2) is 29.5 Å². The lowest BCUT2D eigenvalue weighted by Crippen LogP contribution is -2.24. The number of rotatable bonds is 7. The van der Waals surface area contributed by atoms with Crippen molar-refractivity contribution < 1.29 is 13.7 Å². The van der Waals surface area contributed by atoms with Crippen LogP contribution >= 0.6 is 0 Å². The van der Waals surface area contributed by atoms with Crippen molar-refractivity contribution in [3.05, 3.63) is 29.3 Å². The fourth-order valence-electron chi connectivity index (χ4n) is 1.68. The summed E-state index contributed by atoms with van der Waals surface area (Å²) in [7, 11) is -1.09. The van der Waals surface area contributed by atoms with E-state index in [9.17, 15) is 4.21 Å². The lowest BCUT2D eigenvalue weighted by Gasteiger charge is -2.17. The summed E-state index contributed by atoms with van der Waals surface area (Å²) in [5.41, 5.74) is 2.17. The summed E-state index contributed by atoms with van der Waals surface area (Å²) in [4.78, 5) is 0.874. The standard InChI is InChI=1S/C14H22O3S/c1-5-16-14(17-6-2)10-18(15)13-9-11(3)7-8-12(13)4/h7-9,14H,5-6,10H2,1-4H3. The third-order valence-corrected chi connectivity index (χ3v) is 4.09. The van der Waals surface area contributed by atoms with Gasteiger partial charge >= 0.3 is 0 Å². The number of benzene rings is 1. The highest BCUT2D eigenvalue weighted by Crippen LogP contribution is 2.16. The van der Waals surface area contributed by atoms with Crippen LogP contribution in [0, 0.1) is 13.8 Å². The minimum atomic E-state index is -1.09. The van der Waals surface area contributed by atoms with Gasteiger partial charge in [-0.2, -0.15) is 0 Å². The van der Waals surface area contributed by atoms with Crippen LogP contribution in [0.15, 0.2) is 23.1 Å². The topological polar surface area (TPSA) is 35.5 Å². The Balaban J connectivity index is 2.76. The van der Waals surface area contributed by atoms with Gasteiger partial charge in [0.05, 0.1) is 16.6 Å². The molecule has 0 bridgehead atoms. The highest BCUT2D eigenvalue weighted by atomic mass is 32.2. The molecule has 4 heteroatoms. The van der Waals surface area contributed by atoms with Gasteiger partial charge in [0, 0.05) is 18.1 Å². The molecule has 3 nitrogen and oxygen atoms in total. The second-order valence-corrected chi connectivity index (χ2v) is 5.59. The molecule has 0 amide bonds. The second-order valence-electron chi connectivity index (χ2n) is 4.12. The lowest BCUT2D eigenvalue weighted by atomic mass is 10.2. The minimum absolute atomic E-state index is 0.381. The van der Waals surface area contributed by atoms with E-state index in [0.29, 0.717) is 19.0 Å². The van der Waals surface area contributed by atoms with Gasteiger partial charge < -0.3 is 9.47 Å². The lowest BCUT2D eigenvalue weighted by molar-refractivity contribution is -0.120. The molecule has 0 radical (unpaired) electrons. The van der Waals surface area contributed by atoms with Crippen LogP contribution in [0.25, 0.3) is 0 Å². The second kappa shape index (κ2) is 7.67. The summed E-state index contributed by atoms with van der Waals surface area (Å²) < 4.78 is 23.2. The first-order valence-corrected chi connectivity index (χ1v) is 7.59. The van der Waals surface area contributed by atoms with Crippen molar-refractivity contribution in [2.45, 2.75) is 38.9 Å². The van der Waals surface area contributed by atoms with E-state index in [4.69, 9.17) is 9.47 Å². The van der Waals surface area contributed by atoms with Crippen molar-refractivity contribution in [2.24, 2.45) is 0 Å². The van der Waals surface area contributed by atoms with E-state index in [-0.39, 0.29) is 6.29 Å². The molecular formula is C14H22O3S. The molecular weight excluding hydrogens is 248 g/mol. The molecule has 0 fully saturated rings. The Morgan fingerprint density at radius 3 is 2.33 bits per heavy atom. The molecule has 1 aromatic rings. The maximum atomic E-state index is 12.3. The molecule has 0 spiro atoms. The molecule has 102 valence electrons. The number of hydrogen-bond donors (Lipinski definition) is 0. The first-order chi connectivity index (χ1) is 8.58. The number of hydrogen-bond acceptors (Lipinski definition) is 3. The highest BCUT2D eigenvalue weighted by molar-refractivity contribution is 7.85. The van der Waals surface area contributed by atoms with Gasteiger partial charge in [-0.1, -0.05) is 12.1 Å². The van der Waals surface area contributed by atoms with Crippen LogP contribution in [0.5, 0.6) is 0 Å². The molecule has 0 aliphatic carbocycles. The molecule has 0 saturated heterocycles. The van der Waals surface area contributed by atoms with Crippen molar-refractivity contribution in [3.63, 3.8) is 0 Å². The predicted molar refractivity (Wildman–Crippen MR) is 74.2 cm³/mol. The van der Waals surface area contributed by atoms with Crippen molar-refractivity contribution in [3.8, 4) is 0 Å². The fourth-order valence-corrected chi connectivity index (χ4v) is 3.05. The third-order valence-electron chi connectivity index (χ3n) is 2.58. The normalized spacial score (nSPS) is 12.9. The van der Waals surface area contributed by atoms with Crippen molar-refractivity contribution in [2.75, 3.05) is 19.0 Å². The molecule has 1 atom stereocenters. The zero-order chi connectivity index (χ0) is 13.5. The van der Waals surface area contributed by atoms with Crippen molar-refractivity contribution >= 4 is 10.8 Å². The zero-order valence-electron chi connectivity index (χ0n) is 11.6. The zero-order valence-corrected chi connectivity index (χ0v) is 12.4. The van der Waals surface area contributed by atoms with Crippen LogP contribution in [-0.2, 0) is 20.3 Å². The Kier molecular flexibility index (Phi) is 6.54. The van der Waals surface area contributed by atoms with Gasteiger partial charge in [-0.3, -0.25) is 4.21 Å². The van der Waals surface area contributed by atoms with Crippen molar-refractivity contribution in [1.82, 2.24) is 0 Å². The molecule has 1 unspecified atom stereocenters. The first kappa shape index (κ1) is 15.3. The summed E-state index contributed by atoms with van der Waals surface area (Å²) >= 11 is 0. The molecule has 1 rings (SSSR count). The molecule has 0 aliphatic rings. The minimum Gasteiger partial charge on any atom is -0.352 e. The molecule has 0 aliphatic heterocycles. The summed E-state index contributed by atoms with van der Waals surface area (Å²) in [6, 6.07) is 6.00. The van der Waals surface area contributed by atoms with E-state index in [0.717, 1.165) is 16.0 Å². The molecule has 0 heterocycles. The highest BCUT2D eigenvalue weighted by Gasteiger charge is 2.15. The Morgan fingerprint density at radius 1 is 1.17 bits per heavy atom. The molecule has 18 heavy (non-hydrogen) atoms. The van der Waals surface area contributed by atoms with Crippen LogP contribution < -0.4 is 0 Å². The molecule has 1 aromatic carbocycles. The van der Waals surface area contributed by atoms with Gasteiger partial charge in [0.1, 0.15) is 0 Å². The SMILES string of the molecule is CCOC(CS(=O)c1cc(C)ccc1C)OCC. The van der Waals surface area contributed by atoms with Gasteiger partial charge in [0.25, 0.3) is 0 Å². The number of ether oxygens (including phenoxy) is 2.